The van der Waals surface area contributed by atoms with E-state index in [2.05, 4.69) is 5.32 Å². The fourth-order valence-corrected chi connectivity index (χ4v) is 2.50. The lowest BCUT2D eigenvalue weighted by molar-refractivity contribution is -0.279. The molecule has 1 aliphatic carbocycles. The van der Waals surface area contributed by atoms with Crippen LogP contribution in [-0.4, -0.2) is 27.7 Å². The van der Waals surface area contributed by atoms with Crippen LogP contribution in [0, 0.1) is 0 Å². The number of halogens is 3. The third-order valence-electron chi connectivity index (χ3n) is 3.07. The summed E-state index contributed by atoms with van der Waals surface area (Å²) in [5, 5.41) is 14.1. The zero-order valence-corrected chi connectivity index (χ0v) is 8.63. The molecule has 0 aromatic rings. The SMILES string of the molecule is O[C@]1(C(F)(F)F)CC2(CCC2)NC(=S)N1. The molecule has 86 valence electrons. The third-order valence-corrected chi connectivity index (χ3v) is 3.28. The topological polar surface area (TPSA) is 44.3 Å². The Hall–Kier alpha value is -0.560. The fourth-order valence-electron chi connectivity index (χ4n) is 2.11. The van der Waals surface area contributed by atoms with Crippen LogP contribution in [0.2, 0.25) is 0 Å². The minimum Gasteiger partial charge on any atom is -0.363 e. The van der Waals surface area contributed by atoms with Crippen LogP contribution >= 0.6 is 12.2 Å². The number of thiocarbonyl (C=S) groups is 1. The lowest BCUT2D eigenvalue weighted by Crippen LogP contribution is -2.74. The standard InChI is InChI=1S/C8H11F3N2OS/c9-8(10,11)7(14)4-6(2-1-3-6)12-5(15)13-7/h14H,1-4H2,(H2,12,13,15)/t7-/m0/s1. The smallest absolute Gasteiger partial charge is 0.363 e. The molecule has 7 heteroatoms. The van der Waals surface area contributed by atoms with Crippen molar-refractivity contribution in [1.29, 1.82) is 0 Å². The van der Waals surface area contributed by atoms with Gasteiger partial charge in [-0.15, -0.1) is 0 Å². The predicted octanol–water partition coefficient (Wildman–Crippen LogP) is 1.03. The summed E-state index contributed by atoms with van der Waals surface area (Å²) in [6, 6.07) is 0. The summed E-state index contributed by atoms with van der Waals surface area (Å²) >= 11 is 4.69. The van der Waals surface area contributed by atoms with Gasteiger partial charge in [0.2, 0.25) is 5.72 Å². The Morgan fingerprint density at radius 1 is 1.27 bits per heavy atom. The Morgan fingerprint density at radius 2 is 1.87 bits per heavy atom. The van der Waals surface area contributed by atoms with Gasteiger partial charge in [-0.3, -0.25) is 0 Å². The van der Waals surface area contributed by atoms with Crippen LogP contribution in [0.1, 0.15) is 25.7 Å². The van der Waals surface area contributed by atoms with Gasteiger partial charge in [0.25, 0.3) is 0 Å². The van der Waals surface area contributed by atoms with E-state index in [0.717, 1.165) is 6.42 Å². The normalized spacial score (nSPS) is 34.3. The average molecular weight is 240 g/mol. The summed E-state index contributed by atoms with van der Waals surface area (Å²) < 4.78 is 37.8. The molecule has 0 radical (unpaired) electrons. The Bertz CT molecular complexity index is 303. The van der Waals surface area contributed by atoms with Crippen molar-refractivity contribution in [2.24, 2.45) is 0 Å². The lowest BCUT2D eigenvalue weighted by Gasteiger charge is -2.52. The molecule has 2 rings (SSSR count). The van der Waals surface area contributed by atoms with Gasteiger partial charge < -0.3 is 15.7 Å². The minimum absolute atomic E-state index is 0.124. The highest BCUT2D eigenvalue weighted by atomic mass is 32.1. The van der Waals surface area contributed by atoms with E-state index in [1.165, 1.54) is 0 Å². The van der Waals surface area contributed by atoms with Crippen LogP contribution in [-0.2, 0) is 0 Å². The lowest BCUT2D eigenvalue weighted by atomic mass is 9.70. The number of hydrogen-bond donors (Lipinski definition) is 3. The number of nitrogens with one attached hydrogen (secondary N) is 2. The second-order valence-electron chi connectivity index (χ2n) is 4.25. The Morgan fingerprint density at radius 3 is 2.27 bits per heavy atom. The maximum absolute atomic E-state index is 12.6. The summed E-state index contributed by atoms with van der Waals surface area (Å²) in [5.41, 5.74) is -3.54. The van der Waals surface area contributed by atoms with E-state index >= 15 is 0 Å². The largest absolute Gasteiger partial charge is 0.436 e. The second kappa shape index (κ2) is 2.98. The van der Waals surface area contributed by atoms with E-state index in [4.69, 9.17) is 12.2 Å². The van der Waals surface area contributed by atoms with Crippen molar-refractivity contribution in [3.8, 4) is 0 Å². The van der Waals surface area contributed by atoms with Crippen molar-refractivity contribution >= 4 is 17.3 Å². The molecule has 1 atom stereocenters. The predicted molar refractivity (Wildman–Crippen MR) is 51.1 cm³/mol. The molecule has 0 aromatic heterocycles. The summed E-state index contributed by atoms with van der Waals surface area (Å²) in [7, 11) is 0. The van der Waals surface area contributed by atoms with E-state index in [9.17, 15) is 18.3 Å². The first-order valence-electron chi connectivity index (χ1n) is 4.66. The number of aliphatic hydroxyl groups is 1. The number of hydrogen-bond acceptors (Lipinski definition) is 2. The van der Waals surface area contributed by atoms with Crippen LogP contribution in [0.4, 0.5) is 13.2 Å². The maximum atomic E-state index is 12.6. The molecule has 3 N–H and O–H groups in total. The van der Waals surface area contributed by atoms with Gasteiger partial charge in [0.05, 0.1) is 0 Å². The average Bonchev–Trinajstić information content (AvgIpc) is 1.97. The first-order valence-corrected chi connectivity index (χ1v) is 5.07. The molecule has 1 spiro atoms. The van der Waals surface area contributed by atoms with Gasteiger partial charge in [-0.2, -0.15) is 13.2 Å². The van der Waals surface area contributed by atoms with Crippen molar-refractivity contribution in [1.82, 2.24) is 10.6 Å². The molecule has 1 heterocycles. The van der Waals surface area contributed by atoms with E-state index in [1.54, 1.807) is 0 Å². The van der Waals surface area contributed by atoms with Gasteiger partial charge in [0, 0.05) is 12.0 Å². The molecule has 0 unspecified atom stereocenters. The molecule has 0 bridgehead atoms. The van der Waals surface area contributed by atoms with Crippen LogP contribution in [0.15, 0.2) is 0 Å². The molecule has 0 aromatic carbocycles. The Kier molecular flexibility index (Phi) is 2.17. The zero-order valence-electron chi connectivity index (χ0n) is 7.82. The molecule has 1 saturated heterocycles. The molecule has 1 aliphatic heterocycles. The Balaban J connectivity index is 2.23. The minimum atomic E-state index is -4.71. The van der Waals surface area contributed by atoms with Gasteiger partial charge in [-0.1, -0.05) is 0 Å². The monoisotopic (exact) mass is 240 g/mol. The molecular weight excluding hydrogens is 229 g/mol. The highest BCUT2D eigenvalue weighted by Gasteiger charge is 2.61. The van der Waals surface area contributed by atoms with Crippen molar-refractivity contribution in [3.63, 3.8) is 0 Å². The summed E-state index contributed by atoms with van der Waals surface area (Å²) in [4.78, 5) is 0. The molecule has 2 fully saturated rings. The van der Waals surface area contributed by atoms with E-state index in [1.807, 2.05) is 5.32 Å². The van der Waals surface area contributed by atoms with Gasteiger partial charge >= 0.3 is 6.18 Å². The fraction of sp³-hybridized carbons (Fsp3) is 0.875. The van der Waals surface area contributed by atoms with E-state index < -0.39 is 17.4 Å². The van der Waals surface area contributed by atoms with Crippen molar-refractivity contribution in [2.75, 3.05) is 0 Å². The molecule has 2 aliphatic rings. The molecule has 15 heavy (non-hydrogen) atoms. The van der Waals surface area contributed by atoms with E-state index in [-0.39, 0.29) is 11.5 Å². The third kappa shape index (κ3) is 1.67. The van der Waals surface area contributed by atoms with Gasteiger partial charge in [-0.05, 0) is 31.5 Å². The summed E-state index contributed by atoms with van der Waals surface area (Å²) in [6.45, 7) is 0. The van der Waals surface area contributed by atoms with Crippen molar-refractivity contribution < 1.29 is 18.3 Å². The number of rotatable bonds is 0. The quantitative estimate of drug-likeness (QED) is 0.553. The first-order chi connectivity index (χ1) is 6.77. The molecule has 1 saturated carbocycles. The van der Waals surface area contributed by atoms with Gasteiger partial charge in [0.1, 0.15) is 0 Å². The second-order valence-corrected chi connectivity index (χ2v) is 4.66. The molecule has 0 amide bonds. The highest BCUT2D eigenvalue weighted by Crippen LogP contribution is 2.44. The van der Waals surface area contributed by atoms with Crippen LogP contribution < -0.4 is 10.6 Å². The maximum Gasteiger partial charge on any atom is 0.436 e. The van der Waals surface area contributed by atoms with Crippen LogP contribution in [0.25, 0.3) is 0 Å². The number of alkyl halides is 3. The van der Waals surface area contributed by atoms with Crippen LogP contribution in [0.3, 0.4) is 0 Å². The van der Waals surface area contributed by atoms with Gasteiger partial charge in [-0.25, -0.2) is 0 Å². The summed E-state index contributed by atoms with van der Waals surface area (Å²) in [6.07, 6.45) is -2.99. The zero-order chi connectivity index (χ0) is 11.3. The molecular formula is C8H11F3N2OS. The van der Waals surface area contributed by atoms with Gasteiger partial charge in [0.15, 0.2) is 5.11 Å². The highest BCUT2D eigenvalue weighted by molar-refractivity contribution is 7.80. The van der Waals surface area contributed by atoms with Crippen molar-refractivity contribution in [2.45, 2.75) is 43.1 Å². The van der Waals surface area contributed by atoms with Crippen LogP contribution in [0.5, 0.6) is 0 Å². The van der Waals surface area contributed by atoms with E-state index in [0.29, 0.717) is 12.8 Å². The van der Waals surface area contributed by atoms with Crippen molar-refractivity contribution in [3.05, 3.63) is 0 Å². The Labute approximate surface area is 90.0 Å². The molecule has 3 nitrogen and oxygen atoms in total. The first kappa shape index (κ1) is 10.9. The summed E-state index contributed by atoms with van der Waals surface area (Å²) in [5.74, 6) is 0.